The molecule has 1 heterocycles. The predicted molar refractivity (Wildman–Crippen MR) is 80.5 cm³/mol. The standard InChI is InChI=1S/C16H19NOS/c1-3-12-8-9-13(17-11-12)10-15(18)14-6-4-5-7-16(14)19-2/h4-9,11,15,18H,3,10H2,1-2H3. The van der Waals surface area contributed by atoms with Crippen LogP contribution in [0.15, 0.2) is 47.5 Å². The lowest BCUT2D eigenvalue weighted by molar-refractivity contribution is 0.174. The first-order valence-corrected chi connectivity index (χ1v) is 7.71. The van der Waals surface area contributed by atoms with Crippen molar-refractivity contribution in [1.29, 1.82) is 0 Å². The molecule has 0 fully saturated rings. The van der Waals surface area contributed by atoms with Crippen molar-refractivity contribution >= 4 is 11.8 Å². The minimum Gasteiger partial charge on any atom is -0.388 e. The lowest BCUT2D eigenvalue weighted by Crippen LogP contribution is -2.04. The van der Waals surface area contributed by atoms with Crippen LogP contribution in [0.5, 0.6) is 0 Å². The summed E-state index contributed by atoms with van der Waals surface area (Å²) in [5, 5.41) is 10.4. The van der Waals surface area contributed by atoms with Gasteiger partial charge in [-0.05, 0) is 35.9 Å². The minimum absolute atomic E-state index is 0.497. The van der Waals surface area contributed by atoms with Crippen molar-refractivity contribution in [2.24, 2.45) is 0 Å². The maximum absolute atomic E-state index is 10.4. The number of aromatic nitrogens is 1. The maximum atomic E-state index is 10.4. The van der Waals surface area contributed by atoms with E-state index >= 15 is 0 Å². The Kier molecular flexibility index (Phi) is 5.00. The summed E-state index contributed by atoms with van der Waals surface area (Å²) in [6.07, 6.45) is 4.97. The first kappa shape index (κ1) is 14.1. The van der Waals surface area contributed by atoms with Crippen LogP contribution in [0.4, 0.5) is 0 Å². The highest BCUT2D eigenvalue weighted by atomic mass is 32.2. The van der Waals surface area contributed by atoms with Gasteiger partial charge in [0.15, 0.2) is 0 Å². The van der Waals surface area contributed by atoms with Gasteiger partial charge in [0, 0.05) is 23.2 Å². The second kappa shape index (κ2) is 6.73. The van der Waals surface area contributed by atoms with Crippen molar-refractivity contribution in [1.82, 2.24) is 4.98 Å². The highest BCUT2D eigenvalue weighted by molar-refractivity contribution is 7.98. The van der Waals surface area contributed by atoms with E-state index < -0.39 is 6.10 Å². The quantitative estimate of drug-likeness (QED) is 0.844. The summed E-state index contributed by atoms with van der Waals surface area (Å²) in [5.74, 6) is 0. The fourth-order valence-corrected chi connectivity index (χ4v) is 2.69. The number of rotatable bonds is 5. The van der Waals surface area contributed by atoms with Crippen LogP contribution < -0.4 is 0 Å². The zero-order valence-electron chi connectivity index (χ0n) is 11.3. The lowest BCUT2D eigenvalue weighted by Gasteiger charge is -2.14. The van der Waals surface area contributed by atoms with Gasteiger partial charge in [0.2, 0.25) is 0 Å². The van der Waals surface area contributed by atoms with Gasteiger partial charge < -0.3 is 5.11 Å². The monoisotopic (exact) mass is 273 g/mol. The van der Waals surface area contributed by atoms with Crippen LogP contribution >= 0.6 is 11.8 Å². The Bertz CT molecular complexity index is 525. The molecule has 0 amide bonds. The molecule has 0 bridgehead atoms. The number of aryl methyl sites for hydroxylation is 1. The Hall–Kier alpha value is -1.32. The highest BCUT2D eigenvalue weighted by Crippen LogP contribution is 2.27. The molecule has 19 heavy (non-hydrogen) atoms. The summed E-state index contributed by atoms with van der Waals surface area (Å²) in [5.41, 5.74) is 3.14. The van der Waals surface area contributed by atoms with E-state index in [4.69, 9.17) is 0 Å². The van der Waals surface area contributed by atoms with Crippen LogP contribution in [0.1, 0.15) is 29.8 Å². The van der Waals surface area contributed by atoms with E-state index in [1.807, 2.05) is 42.8 Å². The second-order valence-electron chi connectivity index (χ2n) is 4.47. The molecule has 0 saturated carbocycles. The molecule has 1 aromatic carbocycles. The molecule has 0 spiro atoms. The topological polar surface area (TPSA) is 33.1 Å². The van der Waals surface area contributed by atoms with E-state index in [9.17, 15) is 5.11 Å². The van der Waals surface area contributed by atoms with Crippen LogP contribution in [0.25, 0.3) is 0 Å². The average molecular weight is 273 g/mol. The fraction of sp³-hybridized carbons (Fsp3) is 0.312. The Labute approximate surface area is 118 Å². The summed E-state index contributed by atoms with van der Waals surface area (Å²) in [7, 11) is 0. The van der Waals surface area contributed by atoms with Crippen LogP contribution in [-0.2, 0) is 12.8 Å². The van der Waals surface area contributed by atoms with Crippen molar-refractivity contribution in [3.8, 4) is 0 Å². The van der Waals surface area contributed by atoms with Crippen LogP contribution in [0.2, 0.25) is 0 Å². The summed E-state index contributed by atoms with van der Waals surface area (Å²) in [4.78, 5) is 5.53. The number of benzene rings is 1. The normalized spacial score (nSPS) is 12.4. The Morgan fingerprint density at radius 1 is 1.21 bits per heavy atom. The molecule has 1 aromatic heterocycles. The largest absolute Gasteiger partial charge is 0.388 e. The Morgan fingerprint density at radius 2 is 2.00 bits per heavy atom. The van der Waals surface area contributed by atoms with Gasteiger partial charge in [-0.15, -0.1) is 11.8 Å². The molecule has 1 unspecified atom stereocenters. The van der Waals surface area contributed by atoms with Gasteiger partial charge in [0.25, 0.3) is 0 Å². The molecule has 100 valence electrons. The van der Waals surface area contributed by atoms with Gasteiger partial charge in [-0.2, -0.15) is 0 Å². The summed E-state index contributed by atoms with van der Waals surface area (Å²) in [6.45, 7) is 2.11. The average Bonchev–Trinajstić information content (AvgIpc) is 2.48. The first-order valence-electron chi connectivity index (χ1n) is 6.49. The number of aliphatic hydroxyl groups is 1. The summed E-state index contributed by atoms with van der Waals surface area (Å²) >= 11 is 1.66. The molecule has 0 radical (unpaired) electrons. The van der Waals surface area contributed by atoms with Gasteiger partial charge in [-0.3, -0.25) is 4.98 Å². The zero-order valence-corrected chi connectivity index (χ0v) is 12.2. The van der Waals surface area contributed by atoms with E-state index in [-0.39, 0.29) is 0 Å². The number of pyridine rings is 1. The number of nitrogens with zero attached hydrogens (tertiary/aromatic N) is 1. The van der Waals surface area contributed by atoms with E-state index in [2.05, 4.69) is 18.0 Å². The number of thioether (sulfide) groups is 1. The molecule has 2 rings (SSSR count). The van der Waals surface area contributed by atoms with Crippen LogP contribution in [-0.4, -0.2) is 16.3 Å². The first-order chi connectivity index (χ1) is 9.24. The molecule has 1 atom stereocenters. The third-order valence-electron chi connectivity index (χ3n) is 3.19. The van der Waals surface area contributed by atoms with Crippen LogP contribution in [0.3, 0.4) is 0 Å². The Morgan fingerprint density at radius 3 is 2.63 bits per heavy atom. The number of aliphatic hydroxyl groups excluding tert-OH is 1. The van der Waals surface area contributed by atoms with E-state index in [0.29, 0.717) is 6.42 Å². The number of hydrogen-bond acceptors (Lipinski definition) is 3. The van der Waals surface area contributed by atoms with Gasteiger partial charge in [0.05, 0.1) is 6.10 Å². The summed E-state index contributed by atoms with van der Waals surface area (Å²) < 4.78 is 0. The van der Waals surface area contributed by atoms with Gasteiger partial charge >= 0.3 is 0 Å². The molecule has 0 aliphatic carbocycles. The smallest absolute Gasteiger partial charge is 0.0856 e. The Balaban J connectivity index is 2.13. The van der Waals surface area contributed by atoms with Gasteiger partial charge in [0.1, 0.15) is 0 Å². The van der Waals surface area contributed by atoms with Crippen molar-refractivity contribution < 1.29 is 5.11 Å². The molecule has 0 aliphatic rings. The van der Waals surface area contributed by atoms with E-state index in [1.165, 1.54) is 5.56 Å². The van der Waals surface area contributed by atoms with Crippen LogP contribution in [0, 0.1) is 0 Å². The molecule has 0 aliphatic heterocycles. The van der Waals surface area contributed by atoms with Crippen molar-refractivity contribution in [2.45, 2.75) is 30.8 Å². The van der Waals surface area contributed by atoms with Crippen molar-refractivity contribution in [3.63, 3.8) is 0 Å². The second-order valence-corrected chi connectivity index (χ2v) is 5.32. The lowest BCUT2D eigenvalue weighted by atomic mass is 10.0. The van der Waals surface area contributed by atoms with Crippen molar-refractivity contribution in [2.75, 3.05) is 6.26 Å². The molecule has 0 saturated heterocycles. The third-order valence-corrected chi connectivity index (χ3v) is 4.01. The predicted octanol–water partition coefficient (Wildman–Crippen LogP) is 3.64. The molecule has 2 aromatic rings. The van der Waals surface area contributed by atoms with E-state index in [1.54, 1.807) is 11.8 Å². The van der Waals surface area contributed by atoms with E-state index in [0.717, 1.165) is 22.6 Å². The molecular formula is C16H19NOS. The van der Waals surface area contributed by atoms with Crippen molar-refractivity contribution in [3.05, 3.63) is 59.4 Å². The highest BCUT2D eigenvalue weighted by Gasteiger charge is 2.12. The SMILES string of the molecule is CCc1ccc(CC(O)c2ccccc2SC)nc1. The fourth-order valence-electron chi connectivity index (χ4n) is 2.03. The van der Waals surface area contributed by atoms with Gasteiger partial charge in [-0.25, -0.2) is 0 Å². The summed E-state index contributed by atoms with van der Waals surface area (Å²) in [6, 6.07) is 12.1. The molecule has 3 heteroatoms. The molecular weight excluding hydrogens is 254 g/mol. The third kappa shape index (κ3) is 3.58. The minimum atomic E-state index is -0.497. The van der Waals surface area contributed by atoms with Gasteiger partial charge in [-0.1, -0.05) is 31.2 Å². The molecule has 1 N–H and O–H groups in total. The molecule has 2 nitrogen and oxygen atoms in total. The zero-order chi connectivity index (χ0) is 13.7. The maximum Gasteiger partial charge on any atom is 0.0856 e. The number of hydrogen-bond donors (Lipinski definition) is 1.